The molecule has 1 aromatic carbocycles. The summed E-state index contributed by atoms with van der Waals surface area (Å²) in [7, 11) is 0. The van der Waals surface area contributed by atoms with Gasteiger partial charge in [-0.1, -0.05) is 12.1 Å². The molecule has 19 heavy (non-hydrogen) atoms. The zero-order chi connectivity index (χ0) is 13.7. The van der Waals surface area contributed by atoms with Crippen molar-refractivity contribution in [3.05, 3.63) is 58.3 Å². The van der Waals surface area contributed by atoms with Crippen LogP contribution in [-0.2, 0) is 17.8 Å². The van der Waals surface area contributed by atoms with Gasteiger partial charge in [-0.15, -0.1) is 0 Å². The van der Waals surface area contributed by atoms with Gasteiger partial charge in [0.2, 0.25) is 0 Å². The van der Waals surface area contributed by atoms with E-state index in [9.17, 15) is 4.79 Å². The zero-order valence-corrected chi connectivity index (χ0v) is 11.6. The fourth-order valence-corrected chi connectivity index (χ4v) is 1.99. The minimum atomic E-state index is -0.839. The SMILES string of the molecule is O=C(O)Cc1ccc(OCc2cncc(Br)c2)cc1. The van der Waals surface area contributed by atoms with E-state index in [-0.39, 0.29) is 6.42 Å². The van der Waals surface area contributed by atoms with Crippen molar-refractivity contribution < 1.29 is 14.6 Å². The first kappa shape index (κ1) is 13.5. The van der Waals surface area contributed by atoms with Crippen LogP contribution in [0.4, 0.5) is 0 Å². The topological polar surface area (TPSA) is 59.4 Å². The van der Waals surface area contributed by atoms with E-state index in [0.29, 0.717) is 12.4 Å². The van der Waals surface area contributed by atoms with Crippen molar-refractivity contribution >= 4 is 21.9 Å². The van der Waals surface area contributed by atoms with Crippen LogP contribution in [0.25, 0.3) is 0 Å². The first-order chi connectivity index (χ1) is 9.13. The molecular formula is C14H12BrNO3. The molecule has 1 aromatic heterocycles. The summed E-state index contributed by atoms with van der Waals surface area (Å²) in [5.74, 6) is -0.136. The van der Waals surface area contributed by atoms with Crippen molar-refractivity contribution in [2.75, 3.05) is 0 Å². The summed E-state index contributed by atoms with van der Waals surface area (Å²) in [4.78, 5) is 14.6. The molecule has 4 nitrogen and oxygen atoms in total. The van der Waals surface area contributed by atoms with Gasteiger partial charge in [0, 0.05) is 22.4 Å². The first-order valence-corrected chi connectivity index (χ1v) is 6.46. The molecule has 0 atom stereocenters. The lowest BCUT2D eigenvalue weighted by atomic mass is 10.1. The summed E-state index contributed by atoms with van der Waals surface area (Å²) >= 11 is 3.35. The third-order valence-corrected chi connectivity index (χ3v) is 2.88. The number of hydrogen-bond acceptors (Lipinski definition) is 3. The molecule has 5 heteroatoms. The Morgan fingerprint density at radius 2 is 1.95 bits per heavy atom. The molecule has 0 saturated heterocycles. The number of nitrogens with zero attached hydrogens (tertiary/aromatic N) is 1. The number of hydrogen-bond donors (Lipinski definition) is 1. The third kappa shape index (κ3) is 4.37. The van der Waals surface area contributed by atoms with Gasteiger partial charge in [-0.25, -0.2) is 0 Å². The average molecular weight is 322 g/mol. The smallest absolute Gasteiger partial charge is 0.307 e. The van der Waals surface area contributed by atoms with Gasteiger partial charge in [-0.3, -0.25) is 9.78 Å². The molecule has 0 fully saturated rings. The second-order valence-corrected chi connectivity index (χ2v) is 4.93. The minimum absolute atomic E-state index is 0.0236. The number of carbonyl (C=O) groups is 1. The van der Waals surface area contributed by atoms with Gasteiger partial charge in [0.25, 0.3) is 0 Å². The summed E-state index contributed by atoms with van der Waals surface area (Å²) < 4.78 is 6.51. The summed E-state index contributed by atoms with van der Waals surface area (Å²) in [6, 6.07) is 8.98. The normalized spacial score (nSPS) is 10.2. The van der Waals surface area contributed by atoms with Gasteiger partial charge >= 0.3 is 5.97 Å². The first-order valence-electron chi connectivity index (χ1n) is 5.66. The quantitative estimate of drug-likeness (QED) is 0.919. The summed E-state index contributed by atoms with van der Waals surface area (Å²) in [5.41, 5.74) is 1.72. The van der Waals surface area contributed by atoms with Crippen LogP contribution >= 0.6 is 15.9 Å². The lowest BCUT2D eigenvalue weighted by molar-refractivity contribution is -0.136. The highest BCUT2D eigenvalue weighted by molar-refractivity contribution is 9.10. The molecule has 0 amide bonds. The van der Waals surface area contributed by atoms with Gasteiger partial charge in [-0.05, 0) is 39.7 Å². The van der Waals surface area contributed by atoms with E-state index in [1.54, 1.807) is 36.7 Å². The van der Waals surface area contributed by atoms with Crippen LogP contribution in [-0.4, -0.2) is 16.1 Å². The maximum absolute atomic E-state index is 10.6. The highest BCUT2D eigenvalue weighted by Gasteiger charge is 2.01. The molecular weight excluding hydrogens is 310 g/mol. The molecule has 0 bridgehead atoms. The second-order valence-electron chi connectivity index (χ2n) is 4.01. The van der Waals surface area contributed by atoms with Gasteiger partial charge in [0.05, 0.1) is 6.42 Å². The minimum Gasteiger partial charge on any atom is -0.489 e. The number of benzene rings is 1. The summed E-state index contributed by atoms with van der Waals surface area (Å²) in [6.07, 6.45) is 3.48. The third-order valence-electron chi connectivity index (χ3n) is 2.45. The van der Waals surface area contributed by atoms with Crippen LogP contribution < -0.4 is 4.74 Å². The molecule has 1 heterocycles. The van der Waals surface area contributed by atoms with Crippen molar-refractivity contribution in [1.29, 1.82) is 0 Å². The molecule has 0 aliphatic rings. The number of ether oxygens (including phenoxy) is 1. The van der Waals surface area contributed by atoms with E-state index in [1.165, 1.54) is 0 Å². The molecule has 0 spiro atoms. The van der Waals surface area contributed by atoms with Gasteiger partial charge < -0.3 is 9.84 Å². The highest BCUT2D eigenvalue weighted by Crippen LogP contribution is 2.16. The van der Waals surface area contributed by atoms with Gasteiger partial charge in [-0.2, -0.15) is 0 Å². The number of pyridine rings is 1. The van der Waals surface area contributed by atoms with E-state index in [2.05, 4.69) is 20.9 Å². The lowest BCUT2D eigenvalue weighted by Gasteiger charge is -2.07. The van der Waals surface area contributed by atoms with Crippen molar-refractivity contribution in [1.82, 2.24) is 4.98 Å². The van der Waals surface area contributed by atoms with E-state index in [1.807, 2.05) is 6.07 Å². The van der Waals surface area contributed by atoms with Crippen molar-refractivity contribution in [2.24, 2.45) is 0 Å². The lowest BCUT2D eigenvalue weighted by Crippen LogP contribution is -2.00. The van der Waals surface area contributed by atoms with Crippen LogP contribution in [0.5, 0.6) is 5.75 Å². The largest absolute Gasteiger partial charge is 0.489 e. The molecule has 0 saturated carbocycles. The summed E-state index contributed by atoms with van der Waals surface area (Å²) in [5, 5.41) is 8.67. The average Bonchev–Trinajstić information content (AvgIpc) is 2.37. The Labute approximate surface area is 119 Å². The van der Waals surface area contributed by atoms with Gasteiger partial charge in [0.15, 0.2) is 0 Å². The van der Waals surface area contributed by atoms with Crippen LogP contribution in [0.1, 0.15) is 11.1 Å². The number of halogens is 1. The molecule has 0 aliphatic heterocycles. The molecule has 1 N–H and O–H groups in total. The van der Waals surface area contributed by atoms with Crippen LogP contribution in [0.15, 0.2) is 47.2 Å². The standard InChI is InChI=1S/C14H12BrNO3/c15-12-5-11(7-16-8-12)9-19-13-3-1-10(2-4-13)6-14(17)18/h1-5,7-8H,6,9H2,(H,17,18). The Balaban J connectivity index is 1.94. The Morgan fingerprint density at radius 1 is 1.21 bits per heavy atom. The number of aliphatic carboxylic acids is 1. The van der Waals surface area contributed by atoms with Crippen LogP contribution in [0, 0.1) is 0 Å². The van der Waals surface area contributed by atoms with Crippen LogP contribution in [0.2, 0.25) is 0 Å². The van der Waals surface area contributed by atoms with Crippen molar-refractivity contribution in [2.45, 2.75) is 13.0 Å². The number of aromatic nitrogens is 1. The monoisotopic (exact) mass is 321 g/mol. The molecule has 0 unspecified atom stereocenters. The van der Waals surface area contributed by atoms with Crippen molar-refractivity contribution in [3.8, 4) is 5.75 Å². The fourth-order valence-electron chi connectivity index (χ4n) is 1.58. The Kier molecular flexibility index (Phi) is 4.52. The number of carboxylic acids is 1. The number of rotatable bonds is 5. The molecule has 2 rings (SSSR count). The summed E-state index contributed by atoms with van der Waals surface area (Å²) in [6.45, 7) is 0.421. The maximum atomic E-state index is 10.6. The predicted octanol–water partition coefficient (Wildman–Crippen LogP) is 3.05. The maximum Gasteiger partial charge on any atom is 0.307 e. The second kappa shape index (κ2) is 6.33. The number of carboxylic acid groups (broad SMARTS) is 1. The Hall–Kier alpha value is -1.88. The Bertz CT molecular complexity index is 569. The van der Waals surface area contributed by atoms with E-state index in [0.717, 1.165) is 15.6 Å². The van der Waals surface area contributed by atoms with E-state index < -0.39 is 5.97 Å². The van der Waals surface area contributed by atoms with E-state index in [4.69, 9.17) is 9.84 Å². The predicted molar refractivity (Wildman–Crippen MR) is 74.1 cm³/mol. The highest BCUT2D eigenvalue weighted by atomic mass is 79.9. The molecule has 2 aromatic rings. The molecule has 98 valence electrons. The van der Waals surface area contributed by atoms with Crippen molar-refractivity contribution in [3.63, 3.8) is 0 Å². The van der Waals surface area contributed by atoms with E-state index >= 15 is 0 Å². The molecule has 0 radical (unpaired) electrons. The fraction of sp³-hybridized carbons (Fsp3) is 0.143. The van der Waals surface area contributed by atoms with Crippen LogP contribution in [0.3, 0.4) is 0 Å². The Morgan fingerprint density at radius 3 is 2.58 bits per heavy atom. The molecule has 0 aliphatic carbocycles. The zero-order valence-electron chi connectivity index (χ0n) is 10.0. The van der Waals surface area contributed by atoms with Gasteiger partial charge in [0.1, 0.15) is 12.4 Å².